The molecular weight excluding hydrogens is 403 g/mol. The summed E-state index contributed by atoms with van der Waals surface area (Å²) in [6.45, 7) is -1.18. The average molecular weight is 422 g/mol. The van der Waals surface area contributed by atoms with Crippen LogP contribution in [0.15, 0.2) is 60.8 Å². The van der Waals surface area contributed by atoms with Crippen molar-refractivity contribution in [2.75, 3.05) is 13.2 Å². The zero-order chi connectivity index (χ0) is 21.7. The Labute approximate surface area is 170 Å². The number of hydrogen-bond donors (Lipinski definition) is 1. The highest BCUT2D eigenvalue weighted by Gasteiger charge is 2.28. The van der Waals surface area contributed by atoms with Crippen LogP contribution in [0.5, 0.6) is 5.75 Å². The van der Waals surface area contributed by atoms with Crippen LogP contribution in [0.4, 0.5) is 22.0 Å². The van der Waals surface area contributed by atoms with Gasteiger partial charge in [0.2, 0.25) is 0 Å². The molecule has 0 aliphatic rings. The number of nitrogens with two attached hydrogens (primary N) is 1. The summed E-state index contributed by atoms with van der Waals surface area (Å²) >= 11 is 0. The second kappa shape index (κ2) is 9.21. The van der Waals surface area contributed by atoms with Crippen molar-refractivity contribution in [2.45, 2.75) is 18.5 Å². The third-order valence-electron chi connectivity index (χ3n) is 4.56. The zero-order valence-corrected chi connectivity index (χ0v) is 15.8. The Balaban J connectivity index is 1.68. The van der Waals surface area contributed by atoms with Crippen molar-refractivity contribution in [3.8, 4) is 16.9 Å². The van der Waals surface area contributed by atoms with E-state index < -0.39 is 24.4 Å². The maximum absolute atomic E-state index is 14.0. The molecule has 0 saturated carbocycles. The van der Waals surface area contributed by atoms with E-state index in [1.165, 1.54) is 24.3 Å². The van der Waals surface area contributed by atoms with E-state index >= 15 is 0 Å². The summed E-state index contributed by atoms with van der Waals surface area (Å²) in [5.41, 5.74) is 8.31. The molecular formula is C22H19F5N2O. The highest BCUT2D eigenvalue weighted by Crippen LogP contribution is 2.26. The third kappa shape index (κ3) is 5.76. The van der Waals surface area contributed by atoms with Gasteiger partial charge in [-0.05, 0) is 48.4 Å². The van der Waals surface area contributed by atoms with Crippen LogP contribution in [0.3, 0.4) is 0 Å². The lowest BCUT2D eigenvalue weighted by Crippen LogP contribution is -2.19. The quantitative estimate of drug-likeness (QED) is 0.529. The van der Waals surface area contributed by atoms with Gasteiger partial charge in [0.05, 0.1) is 0 Å². The van der Waals surface area contributed by atoms with Crippen LogP contribution in [-0.2, 0) is 6.42 Å². The number of benzene rings is 2. The first-order valence-corrected chi connectivity index (χ1v) is 9.15. The molecule has 3 aromatic rings. The van der Waals surface area contributed by atoms with Gasteiger partial charge < -0.3 is 10.5 Å². The van der Waals surface area contributed by atoms with Gasteiger partial charge in [0.25, 0.3) is 0 Å². The molecule has 0 aliphatic heterocycles. The van der Waals surface area contributed by atoms with E-state index in [0.29, 0.717) is 17.7 Å². The smallest absolute Gasteiger partial charge is 0.422 e. The molecule has 0 aliphatic carbocycles. The number of hydrogen-bond acceptors (Lipinski definition) is 3. The summed E-state index contributed by atoms with van der Waals surface area (Å²) < 4.78 is 68.5. The third-order valence-corrected chi connectivity index (χ3v) is 4.56. The second-order valence-corrected chi connectivity index (χ2v) is 6.77. The summed E-state index contributed by atoms with van der Waals surface area (Å²) in [6, 6.07) is 13.2. The normalized spacial score (nSPS) is 12.6. The standard InChI is InChI=1S/C22H19F5N2O/c23-17-4-8-20(21(24)10-17)16(11-28)9-18-5-1-15(12-29-18)14-2-6-19(7-3-14)30-13-22(25,26)27/h1-8,10,12,16H,9,11,13,28H2. The van der Waals surface area contributed by atoms with Gasteiger partial charge in [0.15, 0.2) is 6.61 Å². The van der Waals surface area contributed by atoms with E-state index in [0.717, 1.165) is 17.2 Å². The van der Waals surface area contributed by atoms with Gasteiger partial charge in [-0.15, -0.1) is 0 Å². The molecule has 1 aromatic heterocycles. The fourth-order valence-corrected chi connectivity index (χ4v) is 3.03. The number of alkyl halides is 3. The molecule has 3 nitrogen and oxygen atoms in total. The molecule has 0 bridgehead atoms. The van der Waals surface area contributed by atoms with E-state index in [2.05, 4.69) is 9.72 Å². The SMILES string of the molecule is NCC(Cc1ccc(-c2ccc(OCC(F)(F)F)cc2)cn1)c1ccc(F)cc1F. The fourth-order valence-electron chi connectivity index (χ4n) is 3.03. The number of ether oxygens (including phenoxy) is 1. The molecule has 1 heterocycles. The van der Waals surface area contributed by atoms with Gasteiger partial charge in [-0.1, -0.05) is 24.3 Å². The molecule has 158 valence electrons. The molecule has 1 unspecified atom stereocenters. The Morgan fingerprint density at radius 2 is 1.63 bits per heavy atom. The second-order valence-electron chi connectivity index (χ2n) is 6.77. The number of nitrogens with zero attached hydrogens (tertiary/aromatic N) is 1. The first-order valence-electron chi connectivity index (χ1n) is 9.15. The van der Waals surface area contributed by atoms with E-state index in [1.807, 2.05) is 6.07 Å². The van der Waals surface area contributed by atoms with Crippen LogP contribution in [0.25, 0.3) is 11.1 Å². The number of pyridine rings is 1. The summed E-state index contributed by atoms with van der Waals surface area (Å²) in [5, 5.41) is 0. The van der Waals surface area contributed by atoms with Crippen molar-refractivity contribution < 1.29 is 26.7 Å². The number of rotatable bonds is 7. The van der Waals surface area contributed by atoms with Crippen LogP contribution in [0, 0.1) is 11.6 Å². The summed E-state index contributed by atoms with van der Waals surface area (Å²) in [4.78, 5) is 4.37. The average Bonchev–Trinajstić information content (AvgIpc) is 2.71. The van der Waals surface area contributed by atoms with Crippen molar-refractivity contribution in [3.05, 3.63) is 83.7 Å². The number of halogens is 5. The molecule has 0 amide bonds. The fraction of sp³-hybridized carbons (Fsp3) is 0.227. The molecule has 0 saturated heterocycles. The molecule has 30 heavy (non-hydrogen) atoms. The summed E-state index contributed by atoms with van der Waals surface area (Å²) in [7, 11) is 0. The first kappa shape index (κ1) is 21.7. The van der Waals surface area contributed by atoms with E-state index in [9.17, 15) is 22.0 Å². The molecule has 0 fully saturated rings. The highest BCUT2D eigenvalue weighted by molar-refractivity contribution is 5.63. The molecule has 8 heteroatoms. The van der Waals surface area contributed by atoms with E-state index in [1.54, 1.807) is 24.4 Å². The van der Waals surface area contributed by atoms with Crippen molar-refractivity contribution in [1.29, 1.82) is 0 Å². The Hall–Kier alpha value is -3.00. The Bertz CT molecular complexity index is 972. The zero-order valence-electron chi connectivity index (χ0n) is 15.8. The largest absolute Gasteiger partial charge is 0.484 e. The predicted molar refractivity (Wildman–Crippen MR) is 103 cm³/mol. The Morgan fingerprint density at radius 1 is 0.933 bits per heavy atom. The van der Waals surface area contributed by atoms with Crippen LogP contribution >= 0.6 is 0 Å². The molecule has 0 spiro atoms. The molecule has 2 N–H and O–H groups in total. The van der Waals surface area contributed by atoms with Gasteiger partial charge in [-0.25, -0.2) is 8.78 Å². The van der Waals surface area contributed by atoms with Gasteiger partial charge in [-0.3, -0.25) is 4.98 Å². The molecule has 0 radical (unpaired) electrons. The van der Waals surface area contributed by atoms with Crippen molar-refractivity contribution in [1.82, 2.24) is 4.98 Å². The summed E-state index contributed by atoms with van der Waals surface area (Å²) in [5.74, 6) is -1.53. The lowest BCUT2D eigenvalue weighted by atomic mass is 9.93. The predicted octanol–water partition coefficient (Wildman–Crippen LogP) is 5.25. The van der Waals surface area contributed by atoms with E-state index in [-0.39, 0.29) is 18.2 Å². The van der Waals surface area contributed by atoms with Crippen LogP contribution < -0.4 is 10.5 Å². The van der Waals surface area contributed by atoms with Gasteiger partial charge in [0, 0.05) is 29.4 Å². The van der Waals surface area contributed by atoms with Gasteiger partial charge >= 0.3 is 6.18 Å². The Morgan fingerprint density at radius 3 is 2.20 bits per heavy atom. The minimum Gasteiger partial charge on any atom is -0.484 e. The monoisotopic (exact) mass is 422 g/mol. The van der Waals surface area contributed by atoms with E-state index in [4.69, 9.17) is 5.73 Å². The highest BCUT2D eigenvalue weighted by atomic mass is 19.4. The lowest BCUT2D eigenvalue weighted by Gasteiger charge is -2.16. The minimum absolute atomic E-state index is 0.118. The lowest BCUT2D eigenvalue weighted by molar-refractivity contribution is -0.153. The number of aromatic nitrogens is 1. The minimum atomic E-state index is -4.39. The molecule has 1 atom stereocenters. The maximum Gasteiger partial charge on any atom is 0.422 e. The van der Waals surface area contributed by atoms with Gasteiger partial charge in [-0.2, -0.15) is 13.2 Å². The van der Waals surface area contributed by atoms with Crippen LogP contribution in [0.2, 0.25) is 0 Å². The maximum atomic E-state index is 14.0. The topological polar surface area (TPSA) is 48.1 Å². The first-order chi connectivity index (χ1) is 14.2. The molecule has 3 rings (SSSR count). The van der Waals surface area contributed by atoms with Crippen molar-refractivity contribution in [2.24, 2.45) is 5.73 Å². The van der Waals surface area contributed by atoms with Crippen molar-refractivity contribution >= 4 is 0 Å². The molecule has 2 aromatic carbocycles. The summed E-state index contributed by atoms with van der Waals surface area (Å²) in [6.07, 6.45) is -2.39. The Kier molecular flexibility index (Phi) is 6.66. The van der Waals surface area contributed by atoms with Crippen LogP contribution in [0.1, 0.15) is 17.2 Å². The van der Waals surface area contributed by atoms with Crippen LogP contribution in [-0.4, -0.2) is 24.3 Å². The van der Waals surface area contributed by atoms with Crippen molar-refractivity contribution in [3.63, 3.8) is 0 Å². The van der Waals surface area contributed by atoms with Gasteiger partial charge in [0.1, 0.15) is 17.4 Å².